The third-order valence-electron chi connectivity index (χ3n) is 2.15. The van der Waals surface area contributed by atoms with Gasteiger partial charge < -0.3 is 9.47 Å². The van der Waals surface area contributed by atoms with Crippen molar-refractivity contribution in [3.8, 4) is 0 Å². The Labute approximate surface area is 85.8 Å². The van der Waals surface area contributed by atoms with E-state index >= 15 is 0 Å². The second-order valence-electron chi connectivity index (χ2n) is 3.29. The van der Waals surface area contributed by atoms with E-state index in [2.05, 4.69) is 0 Å². The number of hydrogen-bond acceptors (Lipinski definition) is 4. The van der Waals surface area contributed by atoms with Crippen LogP contribution >= 0.6 is 11.6 Å². The fourth-order valence-corrected chi connectivity index (χ4v) is 1.45. The minimum atomic E-state index is -0.412. The molecule has 0 N–H and O–H groups in total. The molecule has 0 aromatic carbocycles. The van der Waals surface area contributed by atoms with Crippen molar-refractivity contribution in [2.24, 2.45) is 5.92 Å². The summed E-state index contributed by atoms with van der Waals surface area (Å²) in [6.45, 7) is 0.197. The van der Waals surface area contributed by atoms with Crippen LogP contribution in [0.25, 0.3) is 0 Å². The second-order valence-corrected chi connectivity index (χ2v) is 3.72. The molecule has 1 saturated heterocycles. The topological polar surface area (TPSA) is 55.9 Å². The number of alkyl halides is 1. The fourth-order valence-electron chi connectivity index (χ4n) is 1.27. The Morgan fingerprint density at radius 3 is 2.86 bits per heavy atom. The molecule has 0 saturated carbocycles. The van der Waals surface area contributed by atoms with Crippen molar-refractivity contribution >= 4 is 23.2 Å². The van der Waals surface area contributed by atoms with Gasteiger partial charge in [-0.05, 0) is 12.2 Å². The summed E-state index contributed by atoms with van der Waals surface area (Å²) < 4.78 is 9.96. The normalized spacial score (nSPS) is 36.2. The van der Waals surface area contributed by atoms with Gasteiger partial charge in [0.25, 0.3) is 0 Å². The summed E-state index contributed by atoms with van der Waals surface area (Å²) >= 11 is 5.52. The van der Waals surface area contributed by atoms with E-state index in [9.17, 15) is 9.59 Å². The molecule has 76 valence electrons. The number of ketones is 2. The fraction of sp³-hybridized carbons (Fsp3) is 0.556. The van der Waals surface area contributed by atoms with Crippen LogP contribution in [0.1, 0.15) is 6.42 Å². The highest BCUT2D eigenvalue weighted by Gasteiger charge is 2.39. The molecule has 1 aliphatic heterocycles. The van der Waals surface area contributed by atoms with Crippen LogP contribution in [0.15, 0.2) is 12.2 Å². The van der Waals surface area contributed by atoms with E-state index in [1.54, 1.807) is 0 Å². The molecule has 2 rings (SSSR count). The van der Waals surface area contributed by atoms with Gasteiger partial charge in [0, 0.05) is 6.42 Å². The Kier molecular flexibility index (Phi) is 2.67. The van der Waals surface area contributed by atoms with Gasteiger partial charge in [-0.1, -0.05) is 11.6 Å². The zero-order chi connectivity index (χ0) is 10.1. The average Bonchev–Trinajstić information content (AvgIpc) is 2.84. The number of rotatable bonds is 3. The summed E-state index contributed by atoms with van der Waals surface area (Å²) in [4.78, 5) is 22.3. The minimum Gasteiger partial charge on any atom is -0.348 e. The van der Waals surface area contributed by atoms with Gasteiger partial charge >= 0.3 is 0 Å². The van der Waals surface area contributed by atoms with E-state index in [0.29, 0.717) is 0 Å². The maximum Gasteiger partial charge on any atom is 0.200 e. The lowest BCUT2D eigenvalue weighted by atomic mass is 9.93. The number of carbonyl (C=O) groups is 2. The molecule has 1 fully saturated rings. The van der Waals surface area contributed by atoms with Gasteiger partial charge in [0.05, 0.1) is 12.5 Å². The molecule has 1 aliphatic carbocycles. The zero-order valence-electron chi connectivity index (χ0n) is 7.31. The van der Waals surface area contributed by atoms with E-state index in [-0.39, 0.29) is 30.5 Å². The maximum absolute atomic E-state index is 11.3. The molecular formula is C9H9ClO4. The number of halogens is 1. The Balaban J connectivity index is 1.82. The molecule has 0 bridgehead atoms. The Morgan fingerprint density at radius 2 is 2.21 bits per heavy atom. The number of epoxide rings is 1. The van der Waals surface area contributed by atoms with Crippen LogP contribution in [0, 0.1) is 5.92 Å². The van der Waals surface area contributed by atoms with Gasteiger partial charge in [-0.15, -0.1) is 0 Å². The quantitative estimate of drug-likeness (QED) is 0.513. The van der Waals surface area contributed by atoms with Crippen molar-refractivity contribution in [2.45, 2.75) is 18.3 Å². The summed E-state index contributed by atoms with van der Waals surface area (Å²) in [5.41, 5.74) is -0.403. The van der Waals surface area contributed by atoms with Crippen LogP contribution in [0.2, 0.25) is 0 Å². The van der Waals surface area contributed by atoms with Crippen molar-refractivity contribution < 1.29 is 19.1 Å². The zero-order valence-corrected chi connectivity index (χ0v) is 8.07. The predicted octanol–water partition coefficient (Wildman–Crippen LogP) is 0.638. The van der Waals surface area contributed by atoms with Crippen molar-refractivity contribution in [3.05, 3.63) is 12.2 Å². The Hall–Kier alpha value is -0.710. The van der Waals surface area contributed by atoms with Gasteiger partial charge in [-0.25, -0.2) is 0 Å². The molecule has 0 aromatic rings. The maximum atomic E-state index is 11.3. The third-order valence-corrected chi connectivity index (χ3v) is 2.46. The molecule has 5 heteroatoms. The predicted molar refractivity (Wildman–Crippen MR) is 47.7 cm³/mol. The van der Waals surface area contributed by atoms with Crippen LogP contribution < -0.4 is 0 Å². The smallest absolute Gasteiger partial charge is 0.200 e. The van der Waals surface area contributed by atoms with E-state index < -0.39 is 11.9 Å². The van der Waals surface area contributed by atoms with Crippen LogP contribution in [0.4, 0.5) is 0 Å². The summed E-state index contributed by atoms with van der Waals surface area (Å²) in [7, 11) is 0. The average molecular weight is 217 g/mol. The van der Waals surface area contributed by atoms with Crippen LogP contribution in [-0.4, -0.2) is 30.0 Å². The molecule has 1 heterocycles. The standard InChI is InChI=1S/C9H9ClO4/c10-8-9(14-8)13-4-5-3-6(11)1-2-7(5)12/h1-2,5,8-9H,3-4H2/t5-,8?,9?/m1/s1. The lowest BCUT2D eigenvalue weighted by Crippen LogP contribution is -2.25. The highest BCUT2D eigenvalue weighted by atomic mass is 35.5. The number of carbonyl (C=O) groups excluding carboxylic acids is 2. The number of hydrogen-bond donors (Lipinski definition) is 0. The van der Waals surface area contributed by atoms with Gasteiger partial charge in [0.2, 0.25) is 0 Å². The molecule has 0 aromatic heterocycles. The van der Waals surface area contributed by atoms with E-state index in [1.807, 2.05) is 0 Å². The first-order valence-corrected chi connectivity index (χ1v) is 4.76. The molecule has 0 amide bonds. The highest BCUT2D eigenvalue weighted by molar-refractivity contribution is 6.21. The lowest BCUT2D eigenvalue weighted by Gasteiger charge is -2.14. The van der Waals surface area contributed by atoms with Crippen LogP contribution in [0.3, 0.4) is 0 Å². The molecule has 0 radical (unpaired) electrons. The van der Waals surface area contributed by atoms with Crippen molar-refractivity contribution in [3.63, 3.8) is 0 Å². The second kappa shape index (κ2) is 3.81. The van der Waals surface area contributed by atoms with Crippen molar-refractivity contribution in [1.29, 1.82) is 0 Å². The first-order chi connectivity index (χ1) is 6.66. The molecule has 3 atom stereocenters. The van der Waals surface area contributed by atoms with Crippen LogP contribution in [0.5, 0.6) is 0 Å². The van der Waals surface area contributed by atoms with E-state index in [0.717, 1.165) is 0 Å². The highest BCUT2D eigenvalue weighted by Crippen LogP contribution is 2.27. The molecular weight excluding hydrogens is 208 g/mol. The third kappa shape index (κ3) is 2.20. The first-order valence-electron chi connectivity index (χ1n) is 4.32. The summed E-state index contributed by atoms with van der Waals surface area (Å²) in [6.07, 6.45) is 2.41. The lowest BCUT2D eigenvalue weighted by molar-refractivity contribution is -0.127. The Bertz CT molecular complexity index is 299. The van der Waals surface area contributed by atoms with Gasteiger partial charge in [0.1, 0.15) is 0 Å². The van der Waals surface area contributed by atoms with Gasteiger partial charge in [-0.2, -0.15) is 0 Å². The van der Waals surface area contributed by atoms with Crippen molar-refractivity contribution in [2.75, 3.05) is 6.61 Å². The summed E-state index contributed by atoms with van der Waals surface area (Å²) in [5.74, 6) is -0.491. The SMILES string of the molecule is O=C1C=CC(=O)[C@@H](COC2OC2Cl)C1. The minimum absolute atomic E-state index is 0.0441. The van der Waals surface area contributed by atoms with Crippen LogP contribution in [-0.2, 0) is 19.1 Å². The molecule has 0 spiro atoms. The summed E-state index contributed by atoms with van der Waals surface area (Å²) in [5, 5.41) is 0. The molecule has 4 nitrogen and oxygen atoms in total. The molecule has 14 heavy (non-hydrogen) atoms. The summed E-state index contributed by atoms with van der Waals surface area (Å²) in [6, 6.07) is 0. The number of ether oxygens (including phenoxy) is 2. The number of allylic oxidation sites excluding steroid dienone is 2. The largest absolute Gasteiger partial charge is 0.348 e. The van der Waals surface area contributed by atoms with Crippen molar-refractivity contribution in [1.82, 2.24) is 0 Å². The first kappa shape index (κ1) is 9.83. The Morgan fingerprint density at radius 1 is 1.50 bits per heavy atom. The van der Waals surface area contributed by atoms with Gasteiger partial charge in [-0.3, -0.25) is 9.59 Å². The van der Waals surface area contributed by atoms with Gasteiger partial charge in [0.15, 0.2) is 23.4 Å². The monoisotopic (exact) mass is 216 g/mol. The molecule has 2 aliphatic rings. The molecule has 2 unspecified atom stereocenters. The van der Waals surface area contributed by atoms with E-state index in [4.69, 9.17) is 21.1 Å². The van der Waals surface area contributed by atoms with E-state index in [1.165, 1.54) is 12.2 Å².